The second-order valence-corrected chi connectivity index (χ2v) is 8.87. The molecule has 0 unspecified atom stereocenters. The summed E-state index contributed by atoms with van der Waals surface area (Å²) in [6, 6.07) is 7.25. The van der Waals surface area contributed by atoms with Gasteiger partial charge in [-0.25, -0.2) is 8.42 Å². The van der Waals surface area contributed by atoms with Crippen LogP contribution in [0.5, 0.6) is 0 Å². The highest BCUT2D eigenvalue weighted by molar-refractivity contribution is 7.93. The molecule has 1 N–H and O–H groups in total. The van der Waals surface area contributed by atoms with Crippen LogP contribution in [0.3, 0.4) is 0 Å². The number of likely N-dealkylation sites (tertiary alicyclic amines) is 1. The van der Waals surface area contributed by atoms with Crippen LogP contribution in [0.25, 0.3) is 6.08 Å². The molecule has 26 heavy (non-hydrogen) atoms. The van der Waals surface area contributed by atoms with Gasteiger partial charge < -0.3 is 10.2 Å². The summed E-state index contributed by atoms with van der Waals surface area (Å²) in [6.45, 7) is 4.36. The third-order valence-corrected chi connectivity index (χ3v) is 6.75. The van der Waals surface area contributed by atoms with Gasteiger partial charge in [-0.05, 0) is 56.1 Å². The average molecular weight is 378 g/mol. The van der Waals surface area contributed by atoms with E-state index < -0.39 is 10.0 Å². The molecule has 0 saturated carbocycles. The fourth-order valence-corrected chi connectivity index (χ4v) is 5.00. The van der Waals surface area contributed by atoms with Gasteiger partial charge in [-0.15, -0.1) is 0 Å². The quantitative estimate of drug-likeness (QED) is 0.768. The van der Waals surface area contributed by atoms with Crippen LogP contribution in [0.1, 0.15) is 31.2 Å². The van der Waals surface area contributed by atoms with Gasteiger partial charge in [0.25, 0.3) is 0 Å². The van der Waals surface area contributed by atoms with Crippen LogP contribution >= 0.6 is 0 Å². The summed E-state index contributed by atoms with van der Waals surface area (Å²) in [6.07, 6.45) is 7.76. The fourth-order valence-electron chi connectivity index (χ4n) is 3.43. The van der Waals surface area contributed by atoms with E-state index in [2.05, 4.69) is 10.2 Å². The Kier molecular flexibility index (Phi) is 6.32. The van der Waals surface area contributed by atoms with Gasteiger partial charge in [0.05, 0.1) is 11.4 Å². The molecule has 2 heterocycles. The van der Waals surface area contributed by atoms with E-state index in [0.29, 0.717) is 25.2 Å². The van der Waals surface area contributed by atoms with Crippen molar-refractivity contribution >= 4 is 27.7 Å². The zero-order valence-corrected chi connectivity index (χ0v) is 15.9. The average Bonchev–Trinajstić information content (AvgIpc) is 3.00. The lowest BCUT2D eigenvalue weighted by Gasteiger charge is -2.26. The van der Waals surface area contributed by atoms with Gasteiger partial charge in [-0.2, -0.15) is 0 Å². The van der Waals surface area contributed by atoms with Crippen molar-refractivity contribution in [2.75, 3.05) is 42.8 Å². The second-order valence-electron chi connectivity index (χ2n) is 6.86. The lowest BCUT2D eigenvalue weighted by molar-refractivity contribution is -0.116. The van der Waals surface area contributed by atoms with E-state index in [1.54, 1.807) is 18.2 Å². The molecular weight excluding hydrogens is 350 g/mol. The number of carbonyl (C=O) groups is 1. The van der Waals surface area contributed by atoms with Crippen LogP contribution in [-0.4, -0.2) is 57.7 Å². The summed E-state index contributed by atoms with van der Waals surface area (Å²) in [5, 5.41) is 2.91. The fraction of sp³-hybridized carbons (Fsp3) is 0.526. The maximum Gasteiger partial charge on any atom is 0.244 e. The minimum atomic E-state index is -3.15. The Morgan fingerprint density at radius 2 is 1.77 bits per heavy atom. The Morgan fingerprint density at radius 1 is 1.04 bits per heavy atom. The zero-order chi connectivity index (χ0) is 18.4. The number of nitrogens with zero attached hydrogens (tertiary/aromatic N) is 2. The van der Waals surface area contributed by atoms with Crippen LogP contribution in [-0.2, 0) is 14.8 Å². The summed E-state index contributed by atoms with van der Waals surface area (Å²) < 4.78 is 25.3. The van der Waals surface area contributed by atoms with Crippen LogP contribution in [0.15, 0.2) is 30.3 Å². The van der Waals surface area contributed by atoms with E-state index in [9.17, 15) is 13.2 Å². The number of rotatable bonds is 6. The van der Waals surface area contributed by atoms with Crippen molar-refractivity contribution < 1.29 is 13.2 Å². The van der Waals surface area contributed by atoms with Crippen LogP contribution in [0, 0.1) is 0 Å². The molecule has 0 bridgehead atoms. The first-order valence-electron chi connectivity index (χ1n) is 9.33. The summed E-state index contributed by atoms with van der Waals surface area (Å²) in [4.78, 5) is 14.3. The number of piperidine rings is 1. The molecule has 2 fully saturated rings. The molecule has 1 aromatic carbocycles. The second kappa shape index (κ2) is 8.68. The van der Waals surface area contributed by atoms with Crippen molar-refractivity contribution in [2.24, 2.45) is 0 Å². The lowest BCUT2D eigenvalue weighted by atomic mass is 10.1. The van der Waals surface area contributed by atoms with E-state index in [0.717, 1.165) is 25.2 Å². The van der Waals surface area contributed by atoms with Crippen molar-refractivity contribution in [2.45, 2.75) is 25.7 Å². The lowest BCUT2D eigenvalue weighted by Crippen LogP contribution is -2.37. The Labute approximate surface area is 155 Å². The maximum absolute atomic E-state index is 11.9. The van der Waals surface area contributed by atoms with Gasteiger partial charge in [-0.1, -0.05) is 18.6 Å². The Bertz CT molecular complexity index is 738. The first-order chi connectivity index (χ1) is 12.5. The van der Waals surface area contributed by atoms with E-state index in [1.807, 2.05) is 12.1 Å². The SMILES string of the molecule is O=C(/C=C/c1ccc(N2CCCS2(=O)=O)cc1)NCCN1CCCCC1. The van der Waals surface area contributed by atoms with E-state index in [4.69, 9.17) is 0 Å². The highest BCUT2D eigenvalue weighted by Crippen LogP contribution is 2.24. The van der Waals surface area contributed by atoms with Gasteiger partial charge >= 0.3 is 0 Å². The number of hydrogen-bond donors (Lipinski definition) is 1. The largest absolute Gasteiger partial charge is 0.351 e. The predicted octanol–water partition coefficient (Wildman–Crippen LogP) is 1.84. The summed E-state index contributed by atoms with van der Waals surface area (Å²) in [5.41, 5.74) is 1.56. The number of amides is 1. The standard InChI is InChI=1S/C19H27N3O3S/c23-19(20-11-15-21-12-2-1-3-13-21)10-7-17-5-8-18(9-6-17)22-14-4-16-26(22,24)25/h5-10H,1-4,11-16H2,(H,20,23)/b10-7+. The van der Waals surface area contributed by atoms with E-state index in [1.165, 1.54) is 29.6 Å². The molecule has 1 amide bonds. The normalized spacial score (nSPS) is 20.5. The minimum absolute atomic E-state index is 0.104. The predicted molar refractivity (Wildman–Crippen MR) is 105 cm³/mol. The Morgan fingerprint density at radius 3 is 2.42 bits per heavy atom. The van der Waals surface area contributed by atoms with E-state index in [-0.39, 0.29) is 11.7 Å². The molecular formula is C19H27N3O3S. The van der Waals surface area contributed by atoms with E-state index >= 15 is 0 Å². The number of benzene rings is 1. The molecule has 0 aromatic heterocycles. The Balaban J connectivity index is 1.46. The number of nitrogens with one attached hydrogen (secondary N) is 1. The zero-order valence-electron chi connectivity index (χ0n) is 15.1. The van der Waals surface area contributed by atoms with Gasteiger partial charge in [0.1, 0.15) is 0 Å². The molecule has 0 aliphatic carbocycles. The van der Waals surface area contributed by atoms with Crippen molar-refractivity contribution in [3.05, 3.63) is 35.9 Å². The van der Waals surface area contributed by atoms with Gasteiger partial charge in [0.15, 0.2) is 0 Å². The van der Waals surface area contributed by atoms with Crippen LogP contribution < -0.4 is 9.62 Å². The summed E-state index contributed by atoms with van der Waals surface area (Å²) in [5.74, 6) is 0.111. The summed E-state index contributed by atoms with van der Waals surface area (Å²) in [7, 11) is -3.15. The molecule has 2 saturated heterocycles. The first-order valence-corrected chi connectivity index (χ1v) is 10.9. The molecule has 0 atom stereocenters. The molecule has 3 rings (SSSR count). The minimum Gasteiger partial charge on any atom is -0.351 e. The smallest absolute Gasteiger partial charge is 0.244 e. The monoisotopic (exact) mass is 377 g/mol. The molecule has 142 valence electrons. The first kappa shape index (κ1) is 18.9. The number of hydrogen-bond acceptors (Lipinski definition) is 4. The van der Waals surface area contributed by atoms with Crippen LogP contribution in [0.4, 0.5) is 5.69 Å². The number of anilines is 1. The third-order valence-electron chi connectivity index (χ3n) is 4.88. The molecule has 0 spiro atoms. The molecule has 0 radical (unpaired) electrons. The Hall–Kier alpha value is -1.86. The highest BCUT2D eigenvalue weighted by atomic mass is 32.2. The van der Waals surface area contributed by atoms with Gasteiger partial charge in [0.2, 0.25) is 15.9 Å². The van der Waals surface area contributed by atoms with Crippen LogP contribution in [0.2, 0.25) is 0 Å². The number of sulfonamides is 1. The van der Waals surface area contributed by atoms with Crippen molar-refractivity contribution in [3.63, 3.8) is 0 Å². The van der Waals surface area contributed by atoms with Gasteiger partial charge in [0, 0.05) is 25.7 Å². The van der Waals surface area contributed by atoms with Gasteiger partial charge in [-0.3, -0.25) is 9.10 Å². The highest BCUT2D eigenvalue weighted by Gasteiger charge is 2.28. The summed E-state index contributed by atoms with van der Waals surface area (Å²) >= 11 is 0. The number of carbonyl (C=O) groups excluding carboxylic acids is 1. The molecule has 6 nitrogen and oxygen atoms in total. The van der Waals surface area contributed by atoms with Crippen molar-refractivity contribution in [3.8, 4) is 0 Å². The molecule has 2 aliphatic heterocycles. The molecule has 1 aromatic rings. The third kappa shape index (κ3) is 5.08. The molecule has 7 heteroatoms. The topological polar surface area (TPSA) is 69.7 Å². The van der Waals surface area contributed by atoms with Crippen molar-refractivity contribution in [1.29, 1.82) is 0 Å². The maximum atomic E-state index is 11.9. The van der Waals surface area contributed by atoms with Crippen molar-refractivity contribution in [1.82, 2.24) is 10.2 Å². The molecule has 2 aliphatic rings.